The van der Waals surface area contributed by atoms with Gasteiger partial charge in [-0.1, -0.05) is 0 Å². The number of amides is 1. The van der Waals surface area contributed by atoms with Crippen LogP contribution in [-0.2, 0) is 9.59 Å². The Balaban J connectivity index is 1.99. The Morgan fingerprint density at radius 2 is 2.13 bits per heavy atom. The van der Waals surface area contributed by atoms with E-state index in [0.717, 1.165) is 12.8 Å². The zero-order valence-electron chi connectivity index (χ0n) is 9.03. The summed E-state index contributed by atoms with van der Waals surface area (Å²) in [6.45, 7) is 0.892. The second-order valence-electron chi connectivity index (χ2n) is 3.91. The molecule has 0 radical (unpaired) electrons. The lowest BCUT2D eigenvalue weighted by Crippen LogP contribution is -2.37. The van der Waals surface area contributed by atoms with Gasteiger partial charge in [0, 0.05) is 19.5 Å². The molecule has 2 N–H and O–H groups in total. The first-order valence-corrected chi connectivity index (χ1v) is 5.29. The smallest absolute Gasteiger partial charge is 0.303 e. The second kappa shape index (κ2) is 5.70. The first kappa shape index (κ1) is 12.0. The van der Waals surface area contributed by atoms with Crippen molar-refractivity contribution in [1.82, 2.24) is 10.2 Å². The molecule has 5 nitrogen and oxygen atoms in total. The number of carboxylic acids is 1. The summed E-state index contributed by atoms with van der Waals surface area (Å²) >= 11 is 0. The molecule has 1 saturated carbocycles. The van der Waals surface area contributed by atoms with Crippen molar-refractivity contribution in [3.63, 3.8) is 0 Å². The number of likely N-dealkylation sites (N-methyl/N-ethyl adjacent to an activating group) is 1. The molecular weight excluding hydrogens is 196 g/mol. The minimum Gasteiger partial charge on any atom is -0.481 e. The molecule has 86 valence electrons. The highest BCUT2D eigenvalue weighted by Gasteiger charge is 2.28. The Bertz CT molecular complexity index is 239. The molecule has 15 heavy (non-hydrogen) atoms. The van der Waals surface area contributed by atoms with Gasteiger partial charge in [-0.15, -0.1) is 0 Å². The predicted octanol–water partition coefficient (Wildman–Crippen LogP) is 0.0616. The van der Waals surface area contributed by atoms with E-state index in [-0.39, 0.29) is 12.3 Å². The summed E-state index contributed by atoms with van der Waals surface area (Å²) in [7, 11) is 1.82. The molecule has 0 atom stereocenters. The van der Waals surface area contributed by atoms with Crippen molar-refractivity contribution in [2.45, 2.75) is 31.7 Å². The van der Waals surface area contributed by atoms with Crippen LogP contribution in [0.4, 0.5) is 0 Å². The predicted molar refractivity (Wildman–Crippen MR) is 55.5 cm³/mol. The van der Waals surface area contributed by atoms with Crippen LogP contribution in [0.3, 0.4) is 0 Å². The minimum atomic E-state index is -0.793. The number of carbonyl (C=O) groups is 2. The highest BCUT2D eigenvalue weighted by atomic mass is 16.4. The monoisotopic (exact) mass is 214 g/mol. The molecule has 1 aliphatic carbocycles. The number of carboxylic acid groups (broad SMARTS) is 1. The Morgan fingerprint density at radius 3 is 2.67 bits per heavy atom. The van der Waals surface area contributed by atoms with Crippen LogP contribution in [0.5, 0.6) is 0 Å². The van der Waals surface area contributed by atoms with E-state index >= 15 is 0 Å². The maximum atomic E-state index is 11.5. The molecule has 1 aliphatic rings. The summed E-state index contributed by atoms with van der Waals surface area (Å²) in [5.74, 6) is -0.703. The van der Waals surface area contributed by atoms with E-state index in [1.807, 2.05) is 7.05 Å². The molecule has 0 aromatic rings. The van der Waals surface area contributed by atoms with Crippen LogP contribution in [-0.4, -0.2) is 48.1 Å². The van der Waals surface area contributed by atoms with Gasteiger partial charge in [-0.25, -0.2) is 0 Å². The maximum Gasteiger partial charge on any atom is 0.303 e. The van der Waals surface area contributed by atoms with Gasteiger partial charge in [0.15, 0.2) is 0 Å². The third kappa shape index (κ3) is 4.78. The Labute approximate surface area is 89.4 Å². The fourth-order valence-corrected chi connectivity index (χ4v) is 1.35. The third-order valence-corrected chi connectivity index (χ3v) is 2.51. The van der Waals surface area contributed by atoms with E-state index in [2.05, 4.69) is 5.32 Å². The lowest BCUT2D eigenvalue weighted by Gasteiger charge is -2.16. The van der Waals surface area contributed by atoms with Gasteiger partial charge in [0.25, 0.3) is 0 Å². The molecule has 0 spiro atoms. The Morgan fingerprint density at radius 1 is 1.47 bits per heavy atom. The van der Waals surface area contributed by atoms with Crippen LogP contribution in [0, 0.1) is 0 Å². The molecule has 5 heteroatoms. The summed E-state index contributed by atoms with van der Waals surface area (Å²) < 4.78 is 0. The van der Waals surface area contributed by atoms with Gasteiger partial charge in [-0.2, -0.15) is 0 Å². The summed E-state index contributed by atoms with van der Waals surface area (Å²) in [6, 6.07) is 0.443. The van der Waals surface area contributed by atoms with E-state index < -0.39 is 5.97 Å². The number of aliphatic carboxylic acids is 1. The first-order chi connectivity index (χ1) is 7.11. The van der Waals surface area contributed by atoms with Crippen molar-refractivity contribution in [3.8, 4) is 0 Å². The standard InChI is InChI=1S/C10H18N2O3/c1-12(8-4-5-8)9(13)7-11-6-2-3-10(14)15/h8,11H,2-7H2,1H3,(H,14,15). The molecule has 0 aromatic carbocycles. The van der Waals surface area contributed by atoms with E-state index in [0.29, 0.717) is 25.6 Å². The van der Waals surface area contributed by atoms with Gasteiger partial charge in [0.1, 0.15) is 0 Å². The van der Waals surface area contributed by atoms with Gasteiger partial charge >= 0.3 is 5.97 Å². The fourth-order valence-electron chi connectivity index (χ4n) is 1.35. The number of carbonyl (C=O) groups excluding carboxylic acids is 1. The van der Waals surface area contributed by atoms with Crippen molar-refractivity contribution in [3.05, 3.63) is 0 Å². The first-order valence-electron chi connectivity index (χ1n) is 5.29. The minimum absolute atomic E-state index is 0.0906. The number of rotatable bonds is 7. The highest BCUT2D eigenvalue weighted by Crippen LogP contribution is 2.24. The summed E-state index contributed by atoms with van der Waals surface area (Å²) in [4.78, 5) is 23.4. The SMILES string of the molecule is CN(C(=O)CNCCCC(=O)O)C1CC1. The molecule has 0 saturated heterocycles. The Kier molecular flexibility index (Phi) is 4.55. The van der Waals surface area contributed by atoms with Crippen LogP contribution < -0.4 is 5.32 Å². The van der Waals surface area contributed by atoms with Crippen molar-refractivity contribution in [2.75, 3.05) is 20.1 Å². The summed E-state index contributed by atoms with van der Waals surface area (Å²) in [5.41, 5.74) is 0. The molecule has 1 rings (SSSR count). The molecule has 0 heterocycles. The quantitative estimate of drug-likeness (QED) is 0.588. The summed E-state index contributed by atoms with van der Waals surface area (Å²) in [6.07, 6.45) is 2.94. The lowest BCUT2D eigenvalue weighted by molar-refractivity contribution is -0.137. The summed E-state index contributed by atoms with van der Waals surface area (Å²) in [5, 5.41) is 11.3. The molecular formula is C10H18N2O3. The van der Waals surface area contributed by atoms with Gasteiger partial charge in [0.05, 0.1) is 6.54 Å². The number of nitrogens with zero attached hydrogens (tertiary/aromatic N) is 1. The van der Waals surface area contributed by atoms with Crippen LogP contribution in [0.15, 0.2) is 0 Å². The van der Waals surface area contributed by atoms with E-state index in [1.165, 1.54) is 0 Å². The highest BCUT2D eigenvalue weighted by molar-refractivity contribution is 5.78. The second-order valence-corrected chi connectivity index (χ2v) is 3.91. The number of nitrogens with one attached hydrogen (secondary N) is 1. The van der Waals surface area contributed by atoms with Crippen LogP contribution >= 0.6 is 0 Å². The van der Waals surface area contributed by atoms with E-state index in [1.54, 1.807) is 4.90 Å². The van der Waals surface area contributed by atoms with E-state index in [9.17, 15) is 9.59 Å². The van der Waals surface area contributed by atoms with Gasteiger partial charge in [-0.05, 0) is 25.8 Å². The molecule has 1 amide bonds. The molecule has 0 unspecified atom stereocenters. The fraction of sp³-hybridized carbons (Fsp3) is 0.800. The van der Waals surface area contributed by atoms with E-state index in [4.69, 9.17) is 5.11 Å². The lowest BCUT2D eigenvalue weighted by atomic mass is 10.3. The molecule has 0 bridgehead atoms. The van der Waals surface area contributed by atoms with Gasteiger partial charge < -0.3 is 15.3 Å². The van der Waals surface area contributed by atoms with Crippen molar-refractivity contribution in [1.29, 1.82) is 0 Å². The zero-order chi connectivity index (χ0) is 11.3. The Hall–Kier alpha value is -1.10. The number of hydrogen-bond donors (Lipinski definition) is 2. The molecule has 0 aromatic heterocycles. The topological polar surface area (TPSA) is 69.6 Å². The van der Waals surface area contributed by atoms with Crippen molar-refractivity contribution < 1.29 is 14.7 Å². The van der Waals surface area contributed by atoms with Gasteiger partial charge in [-0.3, -0.25) is 9.59 Å². The zero-order valence-corrected chi connectivity index (χ0v) is 9.03. The molecule has 0 aliphatic heterocycles. The largest absolute Gasteiger partial charge is 0.481 e. The average molecular weight is 214 g/mol. The van der Waals surface area contributed by atoms with Crippen molar-refractivity contribution >= 4 is 11.9 Å². The maximum absolute atomic E-state index is 11.5. The van der Waals surface area contributed by atoms with Crippen molar-refractivity contribution in [2.24, 2.45) is 0 Å². The molecule has 1 fully saturated rings. The van der Waals surface area contributed by atoms with Crippen LogP contribution in [0.25, 0.3) is 0 Å². The van der Waals surface area contributed by atoms with Crippen LogP contribution in [0.1, 0.15) is 25.7 Å². The number of hydrogen-bond acceptors (Lipinski definition) is 3. The normalized spacial score (nSPS) is 15.0. The van der Waals surface area contributed by atoms with Gasteiger partial charge in [0.2, 0.25) is 5.91 Å². The average Bonchev–Trinajstić information content (AvgIpc) is 2.98. The van der Waals surface area contributed by atoms with Crippen LogP contribution in [0.2, 0.25) is 0 Å². The third-order valence-electron chi connectivity index (χ3n) is 2.51.